The van der Waals surface area contributed by atoms with E-state index in [4.69, 9.17) is 6.57 Å². The number of hydrogen-bond donors (Lipinski definition) is 2. The minimum Gasteiger partial charge on any atom is -0.351 e. The molecule has 3 heterocycles. The van der Waals surface area contributed by atoms with Gasteiger partial charge in [-0.15, -0.1) is 0 Å². The Hall–Kier alpha value is -3.60. The van der Waals surface area contributed by atoms with Crippen molar-refractivity contribution in [3.63, 3.8) is 0 Å². The first-order valence-corrected chi connectivity index (χ1v) is 11.1. The van der Waals surface area contributed by atoms with Crippen LogP contribution in [0.15, 0.2) is 36.5 Å². The second kappa shape index (κ2) is 9.70. The third-order valence-electron chi connectivity index (χ3n) is 6.07. The van der Waals surface area contributed by atoms with E-state index >= 15 is 0 Å². The highest BCUT2D eigenvalue weighted by Crippen LogP contribution is 2.49. The molecule has 2 aliphatic rings. The summed E-state index contributed by atoms with van der Waals surface area (Å²) in [6.07, 6.45) is -2.26. The zero-order chi connectivity index (χ0) is 25.6. The number of hydrogen-bond acceptors (Lipinski definition) is 7. The van der Waals surface area contributed by atoms with Gasteiger partial charge in [0.2, 0.25) is 17.8 Å². The van der Waals surface area contributed by atoms with Crippen LogP contribution in [0.25, 0.3) is 16.4 Å². The van der Waals surface area contributed by atoms with Gasteiger partial charge in [0.25, 0.3) is 5.54 Å². The molecule has 8 nitrogen and oxygen atoms in total. The fourth-order valence-corrected chi connectivity index (χ4v) is 4.02. The third kappa shape index (κ3) is 5.87. The van der Waals surface area contributed by atoms with E-state index in [-0.39, 0.29) is 49.8 Å². The van der Waals surface area contributed by atoms with Crippen LogP contribution in [0.1, 0.15) is 43.5 Å². The van der Waals surface area contributed by atoms with Gasteiger partial charge in [0.1, 0.15) is 17.1 Å². The van der Waals surface area contributed by atoms with Gasteiger partial charge in [-0.1, -0.05) is 6.07 Å². The summed E-state index contributed by atoms with van der Waals surface area (Å²) in [4.78, 5) is 24.2. The van der Waals surface area contributed by atoms with E-state index in [2.05, 4.69) is 40.4 Å². The van der Waals surface area contributed by atoms with Crippen molar-refractivity contribution in [1.29, 1.82) is 0 Å². The van der Waals surface area contributed by atoms with Crippen LogP contribution in [0.3, 0.4) is 0 Å². The quantitative estimate of drug-likeness (QED) is 0.308. The van der Waals surface area contributed by atoms with Gasteiger partial charge in [-0.3, -0.25) is 4.98 Å². The molecular formula is C23H21F5N8S. The Balaban J connectivity index is 0.00000320. The molecule has 3 aromatic rings. The van der Waals surface area contributed by atoms with Crippen molar-refractivity contribution in [2.24, 2.45) is 0 Å². The minimum atomic E-state index is -4.67. The molecule has 2 fully saturated rings. The summed E-state index contributed by atoms with van der Waals surface area (Å²) in [5.74, 6) is -3.08. The highest BCUT2D eigenvalue weighted by atomic mass is 32.1. The maximum Gasteiger partial charge on any atom is 0.433 e. The van der Waals surface area contributed by atoms with E-state index in [1.165, 1.54) is 18.3 Å². The predicted octanol–water partition coefficient (Wildman–Crippen LogP) is 5.71. The van der Waals surface area contributed by atoms with Crippen LogP contribution in [0, 0.1) is 6.57 Å². The first-order chi connectivity index (χ1) is 17.1. The van der Waals surface area contributed by atoms with Crippen molar-refractivity contribution in [2.45, 2.75) is 55.8 Å². The second-order valence-corrected chi connectivity index (χ2v) is 8.85. The van der Waals surface area contributed by atoms with Crippen LogP contribution in [0.2, 0.25) is 0 Å². The topological polar surface area (TPSA) is 92.9 Å². The lowest BCUT2D eigenvalue weighted by atomic mass is 10.1. The van der Waals surface area contributed by atoms with E-state index in [0.29, 0.717) is 24.2 Å². The monoisotopic (exact) mass is 536 g/mol. The van der Waals surface area contributed by atoms with Crippen molar-refractivity contribution in [1.82, 2.24) is 24.9 Å². The average Bonchev–Trinajstić information content (AvgIpc) is 3.56. The number of anilines is 3. The van der Waals surface area contributed by atoms with E-state index in [1.54, 1.807) is 12.1 Å². The van der Waals surface area contributed by atoms with Crippen molar-refractivity contribution in [2.75, 3.05) is 10.6 Å². The maximum absolute atomic E-state index is 13.7. The second-order valence-electron chi connectivity index (χ2n) is 8.85. The average molecular weight is 537 g/mol. The lowest BCUT2D eigenvalue weighted by molar-refractivity contribution is -0.141. The Bertz CT molecular complexity index is 1340. The lowest BCUT2D eigenvalue weighted by Crippen LogP contribution is -2.21. The smallest absolute Gasteiger partial charge is 0.351 e. The molecule has 2 aliphatic carbocycles. The molecule has 0 aliphatic heterocycles. The maximum atomic E-state index is 13.7. The number of nitrogens with zero attached hydrogens (tertiary/aromatic N) is 6. The summed E-state index contributed by atoms with van der Waals surface area (Å²) in [6, 6.07) is 6.02. The first-order valence-electron chi connectivity index (χ1n) is 11.1. The summed E-state index contributed by atoms with van der Waals surface area (Å²) in [5.41, 5.74) is -0.835. The van der Waals surface area contributed by atoms with Crippen LogP contribution in [-0.4, -0.2) is 36.9 Å². The molecule has 0 saturated heterocycles. The number of rotatable bonds is 6. The largest absolute Gasteiger partial charge is 0.433 e. The molecule has 0 unspecified atom stereocenters. The lowest BCUT2D eigenvalue weighted by Gasteiger charge is -2.15. The van der Waals surface area contributed by atoms with Gasteiger partial charge in [-0.25, -0.2) is 20.3 Å². The Morgan fingerprint density at radius 2 is 1.76 bits per heavy atom. The molecule has 2 saturated carbocycles. The van der Waals surface area contributed by atoms with E-state index in [9.17, 15) is 22.0 Å². The Labute approximate surface area is 215 Å². The fraction of sp³-hybridized carbons (Fsp3) is 0.391. The molecule has 37 heavy (non-hydrogen) atoms. The molecule has 0 aromatic carbocycles. The standard InChI is InChI=1S/C23H19F5N8.H2S/c1-29-21(8-9-21)17-11-13(6-10-30-17)31-19-34-18(15-3-2-4-16(33-15)23(26,27)28)35-20(36-19)32-14-5-7-22(24,25)12-14;/h2-4,6,10-11,14H,5,7-9,12H2,(H2,30,31,32,34,35,36);1H2/t14-;/m0./s1. The van der Waals surface area contributed by atoms with Crippen LogP contribution in [0.5, 0.6) is 0 Å². The summed E-state index contributed by atoms with van der Waals surface area (Å²) >= 11 is 0. The van der Waals surface area contributed by atoms with Gasteiger partial charge >= 0.3 is 6.18 Å². The van der Waals surface area contributed by atoms with Crippen LogP contribution in [0.4, 0.5) is 39.5 Å². The predicted molar refractivity (Wildman–Crippen MR) is 130 cm³/mol. The summed E-state index contributed by atoms with van der Waals surface area (Å²) in [7, 11) is 0. The molecule has 194 valence electrons. The molecule has 5 rings (SSSR count). The van der Waals surface area contributed by atoms with Crippen molar-refractivity contribution >= 4 is 31.1 Å². The van der Waals surface area contributed by atoms with E-state index < -0.39 is 35.8 Å². The van der Waals surface area contributed by atoms with Gasteiger partial charge in [0.05, 0.1) is 0 Å². The normalized spacial score (nSPS) is 19.4. The van der Waals surface area contributed by atoms with Gasteiger partial charge in [-0.2, -0.15) is 41.6 Å². The number of nitrogens with one attached hydrogen (secondary N) is 2. The molecule has 0 amide bonds. The molecule has 2 N–H and O–H groups in total. The van der Waals surface area contributed by atoms with Crippen molar-refractivity contribution in [3.8, 4) is 11.5 Å². The van der Waals surface area contributed by atoms with Crippen LogP contribution >= 0.6 is 13.5 Å². The highest BCUT2D eigenvalue weighted by Gasteiger charge is 2.54. The number of pyridine rings is 2. The summed E-state index contributed by atoms with van der Waals surface area (Å²) in [6.45, 7) is 7.43. The van der Waals surface area contributed by atoms with Crippen molar-refractivity contribution < 1.29 is 22.0 Å². The molecule has 1 atom stereocenters. The highest BCUT2D eigenvalue weighted by molar-refractivity contribution is 7.59. The Morgan fingerprint density at radius 1 is 1.00 bits per heavy atom. The number of alkyl halides is 5. The SMILES string of the molecule is S.[C-]#[N+]C1(c2cc(Nc3nc(N[C@H]4CCC(F)(F)C4)nc(-c4cccc(C(F)(F)F)n4)n3)ccn2)CC1. The van der Waals surface area contributed by atoms with Crippen LogP contribution < -0.4 is 10.6 Å². The minimum absolute atomic E-state index is 0. The Kier molecular flexibility index (Phi) is 6.93. The molecule has 0 spiro atoms. The van der Waals surface area contributed by atoms with Gasteiger partial charge in [0.15, 0.2) is 5.82 Å². The molecule has 14 heteroatoms. The van der Waals surface area contributed by atoms with Crippen molar-refractivity contribution in [3.05, 3.63) is 59.3 Å². The Morgan fingerprint density at radius 3 is 2.41 bits per heavy atom. The summed E-state index contributed by atoms with van der Waals surface area (Å²) in [5, 5.41) is 5.81. The summed E-state index contributed by atoms with van der Waals surface area (Å²) < 4.78 is 67.0. The number of aromatic nitrogens is 5. The molecular weight excluding hydrogens is 515 g/mol. The number of halogens is 5. The van der Waals surface area contributed by atoms with Gasteiger partial charge in [0, 0.05) is 43.6 Å². The zero-order valence-electron chi connectivity index (χ0n) is 19.2. The third-order valence-corrected chi connectivity index (χ3v) is 6.07. The van der Waals surface area contributed by atoms with Crippen LogP contribution in [-0.2, 0) is 11.7 Å². The molecule has 0 bridgehead atoms. The van der Waals surface area contributed by atoms with E-state index in [0.717, 1.165) is 6.07 Å². The van der Waals surface area contributed by atoms with Gasteiger partial charge in [-0.05, 0) is 30.7 Å². The molecule has 3 aromatic heterocycles. The molecule has 0 radical (unpaired) electrons. The fourth-order valence-electron chi connectivity index (χ4n) is 4.02. The first kappa shape index (κ1) is 26.5. The van der Waals surface area contributed by atoms with E-state index in [1.807, 2.05) is 0 Å². The van der Waals surface area contributed by atoms with Gasteiger partial charge < -0.3 is 15.5 Å². The zero-order valence-corrected chi connectivity index (χ0v) is 20.2.